The number of aldehydes is 1. The zero-order valence-corrected chi connectivity index (χ0v) is 7.22. The quantitative estimate of drug-likeness (QED) is 0.296. The number of carbonyl (C=O) groups excluding carboxylic acids is 1. The predicted molar refractivity (Wildman–Crippen MR) is 48.9 cm³/mol. The van der Waals surface area contributed by atoms with Gasteiger partial charge in [-0.05, 0) is 6.42 Å². The standard InChI is InChI=1S/C9H17BO/c10-8-6-4-2-1-3-5-7-9-11/h9H,1-8H2. The average molecular weight is 152 g/mol. The lowest BCUT2D eigenvalue weighted by Crippen LogP contribution is -1.80. The van der Waals surface area contributed by atoms with Gasteiger partial charge in [-0.3, -0.25) is 0 Å². The van der Waals surface area contributed by atoms with E-state index in [9.17, 15) is 4.79 Å². The van der Waals surface area contributed by atoms with Gasteiger partial charge in [0.15, 0.2) is 0 Å². The van der Waals surface area contributed by atoms with E-state index >= 15 is 0 Å². The monoisotopic (exact) mass is 152 g/mol. The van der Waals surface area contributed by atoms with E-state index in [1.54, 1.807) is 0 Å². The summed E-state index contributed by atoms with van der Waals surface area (Å²) in [6, 6.07) is 0. The molecule has 0 unspecified atom stereocenters. The molecule has 0 fully saturated rings. The molecular formula is C9H17BO. The Morgan fingerprint density at radius 1 is 0.909 bits per heavy atom. The van der Waals surface area contributed by atoms with Gasteiger partial charge in [-0.2, -0.15) is 0 Å². The van der Waals surface area contributed by atoms with Crippen LogP contribution < -0.4 is 0 Å². The number of hydrogen-bond donors (Lipinski definition) is 0. The lowest BCUT2D eigenvalue weighted by molar-refractivity contribution is -0.107. The van der Waals surface area contributed by atoms with Crippen LogP contribution in [0.1, 0.15) is 44.9 Å². The molecule has 0 N–H and O–H groups in total. The van der Waals surface area contributed by atoms with Crippen LogP contribution in [0.3, 0.4) is 0 Å². The molecular weight excluding hydrogens is 135 g/mol. The van der Waals surface area contributed by atoms with Crippen molar-refractivity contribution in [1.82, 2.24) is 0 Å². The molecule has 2 heteroatoms. The van der Waals surface area contributed by atoms with Crippen LogP contribution in [-0.4, -0.2) is 14.1 Å². The second-order valence-electron chi connectivity index (χ2n) is 2.87. The van der Waals surface area contributed by atoms with Crippen LogP contribution in [0.5, 0.6) is 0 Å². The Balaban J connectivity index is 2.74. The fourth-order valence-electron chi connectivity index (χ4n) is 1.08. The second-order valence-corrected chi connectivity index (χ2v) is 2.87. The summed E-state index contributed by atoms with van der Waals surface area (Å²) >= 11 is 0. The minimum Gasteiger partial charge on any atom is -0.303 e. The lowest BCUT2D eigenvalue weighted by atomic mass is 9.98. The van der Waals surface area contributed by atoms with Crippen molar-refractivity contribution in [3.8, 4) is 0 Å². The third kappa shape index (κ3) is 9.73. The van der Waals surface area contributed by atoms with Crippen molar-refractivity contribution in [3.63, 3.8) is 0 Å². The topological polar surface area (TPSA) is 17.1 Å². The van der Waals surface area contributed by atoms with Gasteiger partial charge in [0.2, 0.25) is 0 Å². The van der Waals surface area contributed by atoms with Crippen molar-refractivity contribution in [2.75, 3.05) is 0 Å². The molecule has 0 spiro atoms. The number of unbranched alkanes of at least 4 members (excludes halogenated alkanes) is 6. The van der Waals surface area contributed by atoms with E-state index in [4.69, 9.17) is 7.85 Å². The molecule has 0 aromatic rings. The SMILES string of the molecule is [B]CCCCCCCCC=O. The molecule has 0 saturated carbocycles. The molecule has 0 saturated heterocycles. The van der Waals surface area contributed by atoms with E-state index in [1.165, 1.54) is 25.7 Å². The molecule has 0 amide bonds. The first-order chi connectivity index (χ1) is 5.41. The summed E-state index contributed by atoms with van der Waals surface area (Å²) in [6.45, 7) is 0. The molecule has 0 heterocycles. The number of carbonyl (C=O) groups is 1. The van der Waals surface area contributed by atoms with Gasteiger partial charge >= 0.3 is 0 Å². The second kappa shape index (κ2) is 9.73. The highest BCUT2D eigenvalue weighted by molar-refractivity contribution is 6.08. The van der Waals surface area contributed by atoms with Gasteiger partial charge in [-0.15, -0.1) is 0 Å². The molecule has 0 aromatic carbocycles. The summed E-state index contributed by atoms with van der Waals surface area (Å²) in [6.07, 6.45) is 9.73. The van der Waals surface area contributed by atoms with Crippen molar-refractivity contribution in [1.29, 1.82) is 0 Å². The summed E-state index contributed by atoms with van der Waals surface area (Å²) in [5, 5.41) is 0. The summed E-state index contributed by atoms with van der Waals surface area (Å²) in [5.74, 6) is 0. The maximum atomic E-state index is 9.92. The molecule has 11 heavy (non-hydrogen) atoms. The first-order valence-electron chi connectivity index (χ1n) is 4.55. The Labute approximate surface area is 71.0 Å². The van der Waals surface area contributed by atoms with Crippen molar-refractivity contribution in [2.24, 2.45) is 0 Å². The Kier molecular flexibility index (Phi) is 9.50. The first kappa shape index (κ1) is 10.7. The number of rotatable bonds is 8. The van der Waals surface area contributed by atoms with E-state index in [0.717, 1.165) is 31.9 Å². The molecule has 0 aliphatic carbocycles. The fraction of sp³-hybridized carbons (Fsp3) is 0.889. The normalized spacial score (nSPS) is 9.82. The molecule has 62 valence electrons. The Morgan fingerprint density at radius 3 is 2.00 bits per heavy atom. The zero-order valence-electron chi connectivity index (χ0n) is 7.22. The number of hydrogen-bond acceptors (Lipinski definition) is 1. The van der Waals surface area contributed by atoms with Crippen LogP contribution in [-0.2, 0) is 4.79 Å². The smallest absolute Gasteiger partial charge is 0.119 e. The molecule has 0 aliphatic rings. The van der Waals surface area contributed by atoms with E-state index in [-0.39, 0.29) is 0 Å². The van der Waals surface area contributed by atoms with E-state index in [1.807, 2.05) is 0 Å². The van der Waals surface area contributed by atoms with Crippen molar-refractivity contribution >= 4 is 14.1 Å². The third-order valence-electron chi connectivity index (χ3n) is 1.78. The van der Waals surface area contributed by atoms with Crippen LogP contribution in [0.25, 0.3) is 0 Å². The van der Waals surface area contributed by atoms with Gasteiger partial charge in [0, 0.05) is 6.42 Å². The van der Waals surface area contributed by atoms with Gasteiger partial charge < -0.3 is 4.79 Å². The highest BCUT2D eigenvalue weighted by atomic mass is 16.1. The predicted octanol–water partition coefficient (Wildman–Crippen LogP) is 2.50. The fourth-order valence-corrected chi connectivity index (χ4v) is 1.08. The Hall–Kier alpha value is -0.265. The van der Waals surface area contributed by atoms with E-state index < -0.39 is 0 Å². The largest absolute Gasteiger partial charge is 0.303 e. The molecule has 0 bridgehead atoms. The third-order valence-corrected chi connectivity index (χ3v) is 1.78. The van der Waals surface area contributed by atoms with Gasteiger partial charge in [-0.25, -0.2) is 0 Å². The maximum absolute atomic E-state index is 9.92. The molecule has 0 aromatic heterocycles. The zero-order chi connectivity index (χ0) is 8.36. The molecule has 0 rings (SSSR count). The van der Waals surface area contributed by atoms with Crippen LogP contribution >= 0.6 is 0 Å². The minimum absolute atomic E-state index is 0.733. The van der Waals surface area contributed by atoms with Crippen molar-refractivity contribution in [2.45, 2.75) is 51.3 Å². The van der Waals surface area contributed by atoms with Crippen molar-refractivity contribution in [3.05, 3.63) is 0 Å². The minimum atomic E-state index is 0.733. The first-order valence-corrected chi connectivity index (χ1v) is 4.55. The molecule has 0 aliphatic heterocycles. The van der Waals surface area contributed by atoms with Crippen LogP contribution in [0.2, 0.25) is 6.32 Å². The average Bonchev–Trinajstić information content (AvgIpc) is 2.03. The highest BCUT2D eigenvalue weighted by Gasteiger charge is 1.89. The molecule has 0 atom stereocenters. The van der Waals surface area contributed by atoms with Crippen molar-refractivity contribution < 1.29 is 4.79 Å². The molecule has 2 radical (unpaired) electrons. The van der Waals surface area contributed by atoms with Gasteiger partial charge in [0.1, 0.15) is 6.29 Å². The van der Waals surface area contributed by atoms with E-state index in [0.29, 0.717) is 0 Å². The summed E-state index contributed by atoms with van der Waals surface area (Å²) < 4.78 is 0. The Morgan fingerprint density at radius 2 is 1.45 bits per heavy atom. The van der Waals surface area contributed by atoms with Gasteiger partial charge in [0.05, 0.1) is 7.85 Å². The summed E-state index contributed by atoms with van der Waals surface area (Å²) in [7, 11) is 5.34. The van der Waals surface area contributed by atoms with Crippen LogP contribution in [0.4, 0.5) is 0 Å². The maximum Gasteiger partial charge on any atom is 0.119 e. The van der Waals surface area contributed by atoms with Crippen LogP contribution in [0, 0.1) is 0 Å². The summed E-state index contributed by atoms with van der Waals surface area (Å²) in [5.41, 5.74) is 0. The van der Waals surface area contributed by atoms with Gasteiger partial charge in [0.25, 0.3) is 0 Å². The highest BCUT2D eigenvalue weighted by Crippen LogP contribution is 2.06. The van der Waals surface area contributed by atoms with E-state index in [2.05, 4.69) is 0 Å². The Bertz CT molecular complexity index is 83.6. The van der Waals surface area contributed by atoms with Crippen LogP contribution in [0.15, 0.2) is 0 Å². The molecule has 1 nitrogen and oxygen atoms in total. The lowest BCUT2D eigenvalue weighted by Gasteiger charge is -1.97. The summed E-state index contributed by atoms with van der Waals surface area (Å²) in [4.78, 5) is 9.92. The van der Waals surface area contributed by atoms with Gasteiger partial charge in [-0.1, -0.05) is 38.4 Å².